The van der Waals surface area contributed by atoms with Crippen LogP contribution < -0.4 is 21.1 Å². The van der Waals surface area contributed by atoms with Crippen LogP contribution in [0.25, 0.3) is 10.8 Å². The molecule has 2 aromatic rings. The van der Waals surface area contributed by atoms with E-state index in [9.17, 15) is 14.0 Å². The fourth-order valence-corrected chi connectivity index (χ4v) is 2.98. The number of nitrogens with zero attached hydrogens (tertiary/aromatic N) is 1. The third kappa shape index (κ3) is 3.07. The molecule has 0 bridgehead atoms. The van der Waals surface area contributed by atoms with E-state index in [1.165, 1.54) is 7.11 Å². The van der Waals surface area contributed by atoms with Crippen LogP contribution in [-0.2, 0) is 4.79 Å². The Kier molecular flexibility index (Phi) is 4.43. The SMILES string of the molecule is COc1cc2c(NCC3NC(=O)[C@@H](F)[C@H]3C)nccc2cc1C(N)=O. The normalized spacial score (nSPS) is 22.7. The first-order valence-electron chi connectivity index (χ1n) is 7.87. The lowest BCUT2D eigenvalue weighted by Gasteiger charge is -2.17. The van der Waals surface area contributed by atoms with Crippen molar-refractivity contribution in [3.05, 3.63) is 30.0 Å². The van der Waals surface area contributed by atoms with Gasteiger partial charge in [-0.15, -0.1) is 0 Å². The molecule has 0 spiro atoms. The molecule has 1 aliphatic heterocycles. The third-order valence-electron chi connectivity index (χ3n) is 4.51. The summed E-state index contributed by atoms with van der Waals surface area (Å²) in [7, 11) is 1.45. The lowest BCUT2D eigenvalue weighted by Crippen LogP contribution is -2.35. The fraction of sp³-hybridized carbons (Fsp3) is 0.353. The molecule has 0 aliphatic carbocycles. The predicted molar refractivity (Wildman–Crippen MR) is 91.3 cm³/mol. The lowest BCUT2D eigenvalue weighted by atomic mass is 10.0. The van der Waals surface area contributed by atoms with Crippen LogP contribution in [0.2, 0.25) is 0 Å². The molecule has 2 heterocycles. The molecule has 3 atom stereocenters. The minimum Gasteiger partial charge on any atom is -0.496 e. The van der Waals surface area contributed by atoms with Gasteiger partial charge < -0.3 is 21.1 Å². The zero-order valence-corrected chi connectivity index (χ0v) is 13.9. The second-order valence-corrected chi connectivity index (χ2v) is 6.05. The van der Waals surface area contributed by atoms with Crippen molar-refractivity contribution in [1.82, 2.24) is 10.3 Å². The first-order valence-corrected chi connectivity index (χ1v) is 7.87. The summed E-state index contributed by atoms with van der Waals surface area (Å²) in [5, 5.41) is 7.26. The average molecular weight is 346 g/mol. The quantitative estimate of drug-likeness (QED) is 0.755. The number of carbonyl (C=O) groups excluding carboxylic acids is 2. The number of anilines is 1. The molecule has 1 fully saturated rings. The van der Waals surface area contributed by atoms with Gasteiger partial charge in [-0.05, 0) is 23.6 Å². The van der Waals surface area contributed by atoms with Gasteiger partial charge in [0.1, 0.15) is 11.6 Å². The van der Waals surface area contributed by atoms with Gasteiger partial charge in [0.15, 0.2) is 6.17 Å². The smallest absolute Gasteiger partial charge is 0.255 e. The number of nitrogens with two attached hydrogens (primary N) is 1. The van der Waals surface area contributed by atoms with E-state index >= 15 is 0 Å². The number of pyridine rings is 1. The molecule has 25 heavy (non-hydrogen) atoms. The second kappa shape index (κ2) is 6.54. The number of nitrogens with one attached hydrogen (secondary N) is 2. The van der Waals surface area contributed by atoms with E-state index in [0.717, 1.165) is 10.8 Å². The summed E-state index contributed by atoms with van der Waals surface area (Å²) >= 11 is 0. The number of hydrogen-bond donors (Lipinski definition) is 3. The van der Waals surface area contributed by atoms with Crippen LogP contribution in [0.1, 0.15) is 17.3 Å². The standard InChI is InChI=1S/C17H19FN4O3/c1-8-12(22-17(24)14(8)18)7-21-16-10-6-13(25-2)11(15(19)23)5-9(10)3-4-20-16/h3-6,8,12,14H,7H2,1-2H3,(H2,19,23)(H,20,21)(H,22,24)/t8-,12?,14-/m0/s1. The number of amides is 2. The Morgan fingerprint density at radius 1 is 1.48 bits per heavy atom. The maximum absolute atomic E-state index is 13.6. The minimum absolute atomic E-state index is 0.282. The van der Waals surface area contributed by atoms with Gasteiger partial charge in [-0.25, -0.2) is 9.37 Å². The highest BCUT2D eigenvalue weighted by Crippen LogP contribution is 2.30. The van der Waals surface area contributed by atoms with Gasteiger partial charge in [0.2, 0.25) is 0 Å². The molecule has 3 rings (SSSR count). The number of benzene rings is 1. The molecule has 1 aliphatic rings. The Morgan fingerprint density at radius 2 is 2.24 bits per heavy atom. The first-order chi connectivity index (χ1) is 11.9. The van der Waals surface area contributed by atoms with Crippen molar-refractivity contribution >= 4 is 28.4 Å². The molecule has 8 heteroatoms. The van der Waals surface area contributed by atoms with Crippen molar-refractivity contribution in [1.29, 1.82) is 0 Å². The summed E-state index contributed by atoms with van der Waals surface area (Å²) < 4.78 is 18.9. The van der Waals surface area contributed by atoms with Crippen LogP contribution in [-0.4, -0.2) is 42.7 Å². The first kappa shape index (κ1) is 16.9. The van der Waals surface area contributed by atoms with Gasteiger partial charge in [0.05, 0.1) is 18.7 Å². The van der Waals surface area contributed by atoms with E-state index in [1.807, 2.05) is 0 Å². The van der Waals surface area contributed by atoms with Crippen LogP contribution in [0.4, 0.5) is 10.2 Å². The van der Waals surface area contributed by atoms with Gasteiger partial charge in [-0.3, -0.25) is 9.59 Å². The summed E-state index contributed by atoms with van der Waals surface area (Å²) in [5.74, 6) is -0.691. The van der Waals surface area contributed by atoms with E-state index in [-0.39, 0.29) is 11.6 Å². The number of primary amides is 1. The van der Waals surface area contributed by atoms with Crippen LogP contribution >= 0.6 is 0 Å². The highest BCUT2D eigenvalue weighted by Gasteiger charge is 2.39. The van der Waals surface area contributed by atoms with Gasteiger partial charge in [0, 0.05) is 24.0 Å². The van der Waals surface area contributed by atoms with E-state index in [2.05, 4.69) is 15.6 Å². The second-order valence-electron chi connectivity index (χ2n) is 6.05. The fourth-order valence-electron chi connectivity index (χ4n) is 2.98. The summed E-state index contributed by atoms with van der Waals surface area (Å²) in [6.45, 7) is 2.02. The lowest BCUT2D eigenvalue weighted by molar-refractivity contribution is -0.123. The molecular formula is C17H19FN4O3. The molecule has 1 aromatic carbocycles. The van der Waals surface area contributed by atoms with Crippen LogP contribution in [0.15, 0.2) is 24.4 Å². The van der Waals surface area contributed by atoms with Crippen molar-refractivity contribution in [2.45, 2.75) is 19.1 Å². The topological polar surface area (TPSA) is 106 Å². The van der Waals surface area contributed by atoms with Crippen molar-refractivity contribution in [2.24, 2.45) is 11.7 Å². The Labute approximate surface area is 143 Å². The average Bonchev–Trinajstić information content (AvgIpc) is 2.85. The zero-order chi connectivity index (χ0) is 18.1. The number of ether oxygens (including phenoxy) is 1. The number of halogens is 1. The zero-order valence-electron chi connectivity index (χ0n) is 13.9. The predicted octanol–water partition coefficient (Wildman–Crippen LogP) is 1.23. The number of hydrogen-bond acceptors (Lipinski definition) is 5. The van der Waals surface area contributed by atoms with Gasteiger partial charge in [-0.1, -0.05) is 6.92 Å². The van der Waals surface area contributed by atoms with Crippen molar-refractivity contribution < 1.29 is 18.7 Å². The van der Waals surface area contributed by atoms with Crippen molar-refractivity contribution in [3.8, 4) is 5.75 Å². The summed E-state index contributed by atoms with van der Waals surface area (Å²) in [5.41, 5.74) is 5.66. The Balaban J connectivity index is 1.89. The monoisotopic (exact) mass is 346 g/mol. The van der Waals surface area contributed by atoms with E-state index in [0.29, 0.717) is 18.1 Å². The van der Waals surface area contributed by atoms with Gasteiger partial charge in [-0.2, -0.15) is 0 Å². The molecule has 1 saturated heterocycles. The Bertz CT molecular complexity index is 842. The maximum atomic E-state index is 13.6. The number of aromatic nitrogens is 1. The highest BCUT2D eigenvalue weighted by atomic mass is 19.1. The highest BCUT2D eigenvalue weighted by molar-refractivity contribution is 6.03. The van der Waals surface area contributed by atoms with Crippen molar-refractivity contribution in [3.63, 3.8) is 0 Å². The molecule has 132 valence electrons. The Hall–Kier alpha value is -2.90. The molecule has 0 radical (unpaired) electrons. The van der Waals surface area contributed by atoms with E-state index < -0.39 is 23.9 Å². The number of rotatable bonds is 5. The number of methoxy groups -OCH3 is 1. The van der Waals surface area contributed by atoms with Crippen molar-refractivity contribution in [2.75, 3.05) is 19.0 Å². The minimum atomic E-state index is -1.49. The molecule has 4 N–H and O–H groups in total. The number of alkyl halides is 1. The molecule has 1 unspecified atom stereocenters. The van der Waals surface area contributed by atoms with Crippen LogP contribution in [0.5, 0.6) is 5.75 Å². The molecule has 1 aromatic heterocycles. The molecule has 7 nitrogen and oxygen atoms in total. The van der Waals surface area contributed by atoms with Gasteiger partial charge in [0.25, 0.3) is 11.8 Å². The van der Waals surface area contributed by atoms with E-state index in [4.69, 9.17) is 10.5 Å². The number of carbonyl (C=O) groups is 2. The Morgan fingerprint density at radius 3 is 2.84 bits per heavy atom. The summed E-state index contributed by atoms with van der Waals surface area (Å²) in [6.07, 6.45) is 0.0989. The van der Waals surface area contributed by atoms with E-state index in [1.54, 1.807) is 31.3 Å². The maximum Gasteiger partial charge on any atom is 0.255 e. The summed E-state index contributed by atoms with van der Waals surface area (Å²) in [6, 6.07) is 4.75. The molecule has 0 saturated carbocycles. The molecular weight excluding hydrogens is 327 g/mol. The molecule has 2 amide bonds. The van der Waals surface area contributed by atoms with Gasteiger partial charge >= 0.3 is 0 Å². The summed E-state index contributed by atoms with van der Waals surface area (Å²) in [4.78, 5) is 27.2. The van der Waals surface area contributed by atoms with Crippen LogP contribution in [0, 0.1) is 5.92 Å². The number of fused-ring (bicyclic) bond motifs is 1. The third-order valence-corrected chi connectivity index (χ3v) is 4.51. The van der Waals surface area contributed by atoms with Crippen LogP contribution in [0.3, 0.4) is 0 Å². The largest absolute Gasteiger partial charge is 0.496 e.